The molecule has 0 saturated heterocycles. The molecule has 6 heteroatoms. The van der Waals surface area contributed by atoms with E-state index in [-0.39, 0.29) is 0 Å². The molecule has 2 rings (SSSR count). The third kappa shape index (κ3) is 4.53. The molecule has 0 unspecified atom stereocenters. The number of nitrogens with one attached hydrogen (secondary N) is 2. The number of ether oxygens (including phenoxy) is 1. The lowest BCUT2D eigenvalue weighted by atomic mass is 10.3. The lowest BCUT2D eigenvalue weighted by molar-refractivity contribution is 0.305. The zero-order valence-corrected chi connectivity index (χ0v) is 12.0. The summed E-state index contributed by atoms with van der Waals surface area (Å²) in [6.07, 6.45) is 6.45. The number of anilines is 1. The summed E-state index contributed by atoms with van der Waals surface area (Å²) in [6.45, 7) is 5.49. The molecule has 0 amide bonds. The number of rotatable bonds is 8. The van der Waals surface area contributed by atoms with E-state index >= 15 is 0 Å². The second kappa shape index (κ2) is 7.47. The smallest absolute Gasteiger partial charge is 0.226 e. The van der Waals surface area contributed by atoms with Crippen LogP contribution >= 0.6 is 0 Å². The highest BCUT2D eigenvalue weighted by molar-refractivity contribution is 5.30. The summed E-state index contributed by atoms with van der Waals surface area (Å²) in [5.41, 5.74) is 0.902. The number of imidazole rings is 1. The fourth-order valence-electron chi connectivity index (χ4n) is 1.79. The zero-order chi connectivity index (χ0) is 14.2. The molecule has 2 N–H and O–H groups in total. The van der Waals surface area contributed by atoms with Gasteiger partial charge in [0.25, 0.3) is 0 Å². The van der Waals surface area contributed by atoms with Gasteiger partial charge < -0.3 is 15.0 Å². The summed E-state index contributed by atoms with van der Waals surface area (Å²) >= 11 is 0. The second-order valence-electron chi connectivity index (χ2n) is 4.59. The van der Waals surface area contributed by atoms with Gasteiger partial charge in [-0.05, 0) is 19.8 Å². The summed E-state index contributed by atoms with van der Waals surface area (Å²) < 4.78 is 5.54. The molecule has 0 radical (unpaired) electrons. The highest BCUT2D eigenvalue weighted by Gasteiger charge is 2.03. The Morgan fingerprint density at radius 1 is 1.35 bits per heavy atom. The molecule has 0 atom stereocenters. The highest BCUT2D eigenvalue weighted by Crippen LogP contribution is 2.12. The first-order valence-electron chi connectivity index (χ1n) is 6.98. The van der Waals surface area contributed by atoms with Crippen molar-refractivity contribution in [2.24, 2.45) is 0 Å². The van der Waals surface area contributed by atoms with Crippen molar-refractivity contribution in [2.45, 2.75) is 33.1 Å². The van der Waals surface area contributed by atoms with E-state index in [1.54, 1.807) is 6.20 Å². The van der Waals surface area contributed by atoms with Crippen molar-refractivity contribution in [1.29, 1.82) is 0 Å². The van der Waals surface area contributed by atoms with Crippen LogP contribution in [-0.4, -0.2) is 33.1 Å². The normalized spacial score (nSPS) is 10.5. The van der Waals surface area contributed by atoms with Crippen LogP contribution in [0.4, 0.5) is 5.95 Å². The Labute approximate surface area is 119 Å². The van der Waals surface area contributed by atoms with Gasteiger partial charge >= 0.3 is 0 Å². The van der Waals surface area contributed by atoms with Gasteiger partial charge in [0.05, 0.1) is 6.61 Å². The lowest BCUT2D eigenvalue weighted by Crippen LogP contribution is -2.09. The number of hydrogen-bond donors (Lipinski definition) is 2. The molecule has 0 aromatic carbocycles. The third-order valence-corrected chi connectivity index (χ3v) is 2.71. The molecule has 0 aliphatic carbocycles. The number of nitrogens with zero attached hydrogens (tertiary/aromatic N) is 3. The minimum Gasteiger partial charge on any atom is -0.478 e. The third-order valence-electron chi connectivity index (χ3n) is 2.71. The second-order valence-corrected chi connectivity index (χ2v) is 4.59. The maximum Gasteiger partial charge on any atom is 0.226 e. The molecule has 0 bridgehead atoms. The van der Waals surface area contributed by atoms with E-state index in [1.165, 1.54) is 0 Å². The van der Waals surface area contributed by atoms with Crippen LogP contribution in [0.15, 0.2) is 18.5 Å². The summed E-state index contributed by atoms with van der Waals surface area (Å²) in [5, 5.41) is 3.22. The predicted octanol–water partition coefficient (Wildman–Crippen LogP) is 2.34. The Hall–Kier alpha value is -2.11. The maximum absolute atomic E-state index is 5.54. The molecule has 20 heavy (non-hydrogen) atoms. The van der Waals surface area contributed by atoms with Crippen molar-refractivity contribution < 1.29 is 4.74 Å². The molecule has 6 nitrogen and oxygen atoms in total. The van der Waals surface area contributed by atoms with Gasteiger partial charge in [-0.1, -0.05) is 6.92 Å². The SMILES string of the molecule is CCCOc1cc(C)nc(NCCCc2ncc[nH]2)n1. The average molecular weight is 275 g/mol. The molecule has 0 spiro atoms. The monoisotopic (exact) mass is 275 g/mol. The van der Waals surface area contributed by atoms with Crippen molar-refractivity contribution in [3.8, 4) is 5.88 Å². The van der Waals surface area contributed by atoms with E-state index < -0.39 is 0 Å². The van der Waals surface area contributed by atoms with E-state index in [2.05, 4.69) is 32.2 Å². The predicted molar refractivity (Wildman–Crippen MR) is 78.0 cm³/mol. The molecule has 0 fully saturated rings. The van der Waals surface area contributed by atoms with Gasteiger partial charge in [-0.15, -0.1) is 0 Å². The molecular formula is C14H21N5O. The van der Waals surface area contributed by atoms with Gasteiger partial charge in [-0.2, -0.15) is 4.98 Å². The summed E-state index contributed by atoms with van der Waals surface area (Å²) in [6, 6.07) is 1.85. The Morgan fingerprint density at radius 3 is 3.00 bits per heavy atom. The van der Waals surface area contributed by atoms with Crippen LogP contribution in [0, 0.1) is 6.92 Å². The lowest BCUT2D eigenvalue weighted by Gasteiger charge is -2.08. The minimum absolute atomic E-state index is 0.621. The first-order chi connectivity index (χ1) is 9.78. The van der Waals surface area contributed by atoms with Crippen LogP contribution in [0.1, 0.15) is 31.3 Å². The quantitative estimate of drug-likeness (QED) is 0.723. The highest BCUT2D eigenvalue weighted by atomic mass is 16.5. The molecule has 2 aromatic rings. The first kappa shape index (κ1) is 14.3. The summed E-state index contributed by atoms with van der Waals surface area (Å²) in [5.74, 6) is 2.26. The van der Waals surface area contributed by atoms with Crippen LogP contribution < -0.4 is 10.1 Å². The van der Waals surface area contributed by atoms with Gasteiger partial charge in [-0.25, -0.2) is 9.97 Å². The number of aromatic nitrogens is 4. The molecule has 0 aliphatic rings. The Morgan fingerprint density at radius 2 is 2.25 bits per heavy atom. The standard InChI is InChI=1S/C14H21N5O/c1-3-9-20-13-10-11(2)18-14(19-13)17-6-4-5-12-15-7-8-16-12/h7-8,10H,3-6,9H2,1-2H3,(H,15,16)(H,17,18,19). The molecule has 0 aliphatic heterocycles. The minimum atomic E-state index is 0.621. The van der Waals surface area contributed by atoms with E-state index in [0.29, 0.717) is 18.4 Å². The van der Waals surface area contributed by atoms with E-state index in [0.717, 1.165) is 37.3 Å². The number of hydrogen-bond acceptors (Lipinski definition) is 5. The van der Waals surface area contributed by atoms with Gasteiger partial charge in [-0.3, -0.25) is 0 Å². The Bertz CT molecular complexity index is 512. The first-order valence-corrected chi connectivity index (χ1v) is 6.98. The number of H-pyrrole nitrogens is 1. The zero-order valence-electron chi connectivity index (χ0n) is 12.0. The van der Waals surface area contributed by atoms with Gasteiger partial charge in [0, 0.05) is 37.1 Å². The maximum atomic E-state index is 5.54. The molecule has 2 heterocycles. The average Bonchev–Trinajstić information content (AvgIpc) is 2.94. The van der Waals surface area contributed by atoms with Crippen LogP contribution in [0.25, 0.3) is 0 Å². The number of aryl methyl sites for hydroxylation is 2. The largest absolute Gasteiger partial charge is 0.478 e. The van der Waals surface area contributed by atoms with Gasteiger partial charge in [0.1, 0.15) is 5.82 Å². The number of aromatic amines is 1. The van der Waals surface area contributed by atoms with Gasteiger partial charge in [0.2, 0.25) is 11.8 Å². The van der Waals surface area contributed by atoms with Crippen molar-refractivity contribution in [3.05, 3.63) is 30.0 Å². The van der Waals surface area contributed by atoms with Crippen LogP contribution in [-0.2, 0) is 6.42 Å². The fourth-order valence-corrected chi connectivity index (χ4v) is 1.79. The topological polar surface area (TPSA) is 75.7 Å². The van der Waals surface area contributed by atoms with Crippen molar-refractivity contribution in [3.63, 3.8) is 0 Å². The van der Waals surface area contributed by atoms with Crippen molar-refractivity contribution >= 4 is 5.95 Å². The molecule has 0 saturated carbocycles. The van der Waals surface area contributed by atoms with Crippen molar-refractivity contribution in [2.75, 3.05) is 18.5 Å². The van der Waals surface area contributed by atoms with Crippen LogP contribution in [0.5, 0.6) is 5.88 Å². The van der Waals surface area contributed by atoms with E-state index in [1.807, 2.05) is 19.2 Å². The molecular weight excluding hydrogens is 254 g/mol. The Kier molecular flexibility index (Phi) is 5.34. The van der Waals surface area contributed by atoms with Gasteiger partial charge in [0.15, 0.2) is 0 Å². The summed E-state index contributed by atoms with van der Waals surface area (Å²) in [7, 11) is 0. The van der Waals surface area contributed by atoms with Crippen LogP contribution in [0.3, 0.4) is 0 Å². The van der Waals surface area contributed by atoms with Crippen molar-refractivity contribution in [1.82, 2.24) is 19.9 Å². The fraction of sp³-hybridized carbons (Fsp3) is 0.500. The Balaban J connectivity index is 1.80. The van der Waals surface area contributed by atoms with E-state index in [4.69, 9.17) is 4.74 Å². The van der Waals surface area contributed by atoms with Crippen LogP contribution in [0.2, 0.25) is 0 Å². The summed E-state index contributed by atoms with van der Waals surface area (Å²) in [4.78, 5) is 16.0. The molecule has 2 aromatic heterocycles. The van der Waals surface area contributed by atoms with E-state index in [9.17, 15) is 0 Å². The molecule has 108 valence electrons.